The zero-order chi connectivity index (χ0) is 23.3. The predicted molar refractivity (Wildman–Crippen MR) is 123 cm³/mol. The van der Waals surface area contributed by atoms with E-state index in [1.54, 1.807) is 30.5 Å². The SMILES string of the molecule is O=C(NCc1ccc(Oc2nccs2)cc1)c1cccc(NS(=O)(=O)c2ccccc2F)c1. The quantitative estimate of drug-likeness (QED) is 0.375. The van der Waals surface area contributed by atoms with E-state index < -0.39 is 20.7 Å². The summed E-state index contributed by atoms with van der Waals surface area (Å²) in [5.74, 6) is -0.609. The van der Waals surface area contributed by atoms with Gasteiger partial charge in [0.05, 0.1) is 0 Å². The third-order valence-corrected chi connectivity index (χ3v) is 6.56. The molecule has 3 aromatic carbocycles. The molecule has 4 aromatic rings. The van der Waals surface area contributed by atoms with Crippen LogP contribution in [-0.4, -0.2) is 19.3 Å². The lowest BCUT2D eigenvalue weighted by Crippen LogP contribution is -2.23. The van der Waals surface area contributed by atoms with Crippen molar-refractivity contribution in [2.75, 3.05) is 4.72 Å². The first-order valence-corrected chi connectivity index (χ1v) is 12.1. The molecular weight excluding hydrogens is 465 g/mol. The molecule has 0 fully saturated rings. The first-order chi connectivity index (χ1) is 15.9. The van der Waals surface area contributed by atoms with E-state index in [0.717, 1.165) is 11.6 Å². The Morgan fingerprint density at radius 2 is 1.82 bits per heavy atom. The van der Waals surface area contributed by atoms with Crippen molar-refractivity contribution in [3.63, 3.8) is 0 Å². The van der Waals surface area contributed by atoms with Gasteiger partial charge >= 0.3 is 0 Å². The minimum atomic E-state index is -4.14. The monoisotopic (exact) mass is 483 g/mol. The van der Waals surface area contributed by atoms with E-state index in [1.165, 1.54) is 41.7 Å². The maximum absolute atomic E-state index is 13.9. The summed E-state index contributed by atoms with van der Waals surface area (Å²) < 4.78 is 46.7. The lowest BCUT2D eigenvalue weighted by Gasteiger charge is -2.11. The zero-order valence-corrected chi connectivity index (χ0v) is 18.7. The lowest BCUT2D eigenvalue weighted by atomic mass is 10.1. The number of ether oxygens (including phenoxy) is 1. The predicted octanol–water partition coefficient (Wildman–Crippen LogP) is 4.81. The summed E-state index contributed by atoms with van der Waals surface area (Å²) in [4.78, 5) is 16.1. The molecular formula is C23H18FN3O4S2. The number of sulfonamides is 1. The summed E-state index contributed by atoms with van der Waals surface area (Å²) in [6.45, 7) is 0.265. The Morgan fingerprint density at radius 1 is 1.03 bits per heavy atom. The zero-order valence-electron chi connectivity index (χ0n) is 17.1. The molecule has 10 heteroatoms. The largest absolute Gasteiger partial charge is 0.431 e. The van der Waals surface area contributed by atoms with Crippen LogP contribution in [0.25, 0.3) is 0 Å². The molecule has 168 valence electrons. The molecule has 2 N–H and O–H groups in total. The topological polar surface area (TPSA) is 97.4 Å². The summed E-state index contributed by atoms with van der Waals surface area (Å²) in [7, 11) is -4.14. The number of nitrogens with zero attached hydrogens (tertiary/aromatic N) is 1. The Kier molecular flexibility index (Phi) is 6.66. The van der Waals surface area contributed by atoms with Gasteiger partial charge in [0.1, 0.15) is 16.5 Å². The molecule has 0 aliphatic heterocycles. The Balaban J connectivity index is 1.38. The van der Waals surface area contributed by atoms with E-state index in [0.29, 0.717) is 10.9 Å². The van der Waals surface area contributed by atoms with Gasteiger partial charge in [0, 0.05) is 29.4 Å². The van der Waals surface area contributed by atoms with Crippen molar-refractivity contribution in [3.8, 4) is 10.9 Å². The molecule has 0 atom stereocenters. The molecule has 0 unspecified atom stereocenters. The third-order valence-electron chi connectivity index (χ3n) is 4.49. The molecule has 0 saturated heterocycles. The molecule has 33 heavy (non-hydrogen) atoms. The number of anilines is 1. The fourth-order valence-corrected chi connectivity index (χ4v) is 4.55. The van der Waals surface area contributed by atoms with Gasteiger partial charge in [0.25, 0.3) is 21.1 Å². The van der Waals surface area contributed by atoms with Crippen LogP contribution >= 0.6 is 11.3 Å². The van der Waals surface area contributed by atoms with Crippen LogP contribution in [0.4, 0.5) is 10.1 Å². The molecule has 0 saturated carbocycles. The number of halogens is 1. The number of hydrogen-bond donors (Lipinski definition) is 2. The van der Waals surface area contributed by atoms with Crippen LogP contribution < -0.4 is 14.8 Å². The van der Waals surface area contributed by atoms with Gasteiger partial charge in [-0.25, -0.2) is 17.8 Å². The number of rotatable bonds is 8. The van der Waals surface area contributed by atoms with Gasteiger partial charge in [0.2, 0.25) is 0 Å². The Bertz CT molecular complexity index is 1360. The van der Waals surface area contributed by atoms with Crippen molar-refractivity contribution in [2.45, 2.75) is 11.4 Å². The van der Waals surface area contributed by atoms with Crippen LogP contribution in [0.5, 0.6) is 10.9 Å². The number of thiazole rings is 1. The molecule has 1 amide bonds. The molecule has 4 rings (SSSR count). The van der Waals surface area contributed by atoms with Gasteiger partial charge in [-0.3, -0.25) is 9.52 Å². The van der Waals surface area contributed by atoms with E-state index >= 15 is 0 Å². The van der Waals surface area contributed by atoms with E-state index in [4.69, 9.17) is 4.74 Å². The minimum absolute atomic E-state index is 0.148. The lowest BCUT2D eigenvalue weighted by molar-refractivity contribution is 0.0951. The van der Waals surface area contributed by atoms with Crippen molar-refractivity contribution in [1.29, 1.82) is 0 Å². The first kappa shape index (κ1) is 22.4. The third kappa shape index (κ3) is 5.73. The normalized spacial score (nSPS) is 11.1. The number of carbonyl (C=O) groups excluding carboxylic acids is 1. The van der Waals surface area contributed by atoms with Crippen LogP contribution in [0.15, 0.2) is 89.3 Å². The fourth-order valence-electron chi connectivity index (χ4n) is 2.92. The summed E-state index contributed by atoms with van der Waals surface area (Å²) >= 11 is 1.39. The highest BCUT2D eigenvalue weighted by molar-refractivity contribution is 7.92. The number of nitrogens with one attached hydrogen (secondary N) is 2. The van der Waals surface area contributed by atoms with Crippen molar-refractivity contribution in [3.05, 3.63) is 101 Å². The molecule has 1 aromatic heterocycles. The Labute approximate surface area is 193 Å². The highest BCUT2D eigenvalue weighted by Gasteiger charge is 2.19. The molecule has 0 aliphatic rings. The average Bonchev–Trinajstić information content (AvgIpc) is 3.31. The Hall–Kier alpha value is -3.76. The van der Waals surface area contributed by atoms with Crippen molar-refractivity contribution in [2.24, 2.45) is 0 Å². The smallest absolute Gasteiger partial charge is 0.278 e. The summed E-state index contributed by atoms with van der Waals surface area (Å²) in [5, 5.41) is 5.15. The molecule has 0 radical (unpaired) electrons. The molecule has 0 spiro atoms. The first-order valence-electron chi connectivity index (χ1n) is 9.73. The standard InChI is InChI=1S/C23H18FN3O4S2/c24-20-6-1-2-7-21(20)33(29,30)27-18-5-3-4-17(14-18)22(28)26-15-16-8-10-19(11-9-16)31-23-25-12-13-32-23/h1-14,27H,15H2,(H,26,28). The Morgan fingerprint density at radius 3 is 2.55 bits per heavy atom. The van der Waals surface area contributed by atoms with Gasteiger partial charge < -0.3 is 10.1 Å². The summed E-state index contributed by atoms with van der Waals surface area (Å²) in [6, 6.07) is 18.2. The molecule has 1 heterocycles. The van der Waals surface area contributed by atoms with Gasteiger partial charge in [-0.15, -0.1) is 0 Å². The van der Waals surface area contributed by atoms with Gasteiger partial charge in [-0.2, -0.15) is 0 Å². The van der Waals surface area contributed by atoms with E-state index in [1.807, 2.05) is 17.5 Å². The van der Waals surface area contributed by atoms with Crippen molar-refractivity contribution >= 4 is 33.0 Å². The minimum Gasteiger partial charge on any atom is -0.431 e. The molecule has 7 nitrogen and oxygen atoms in total. The van der Waals surface area contributed by atoms with E-state index in [2.05, 4.69) is 15.0 Å². The van der Waals surface area contributed by atoms with E-state index in [-0.39, 0.29) is 23.7 Å². The molecule has 0 bridgehead atoms. The van der Waals surface area contributed by atoms with E-state index in [9.17, 15) is 17.6 Å². The van der Waals surface area contributed by atoms with Crippen molar-refractivity contribution < 1.29 is 22.3 Å². The average molecular weight is 484 g/mol. The number of hydrogen-bond acceptors (Lipinski definition) is 6. The molecule has 0 aliphatic carbocycles. The van der Waals surface area contributed by atoms with Crippen LogP contribution in [0, 0.1) is 5.82 Å². The van der Waals surface area contributed by atoms with Crippen LogP contribution in [0.3, 0.4) is 0 Å². The second-order valence-electron chi connectivity index (χ2n) is 6.84. The fraction of sp³-hybridized carbons (Fsp3) is 0.0435. The van der Waals surface area contributed by atoms with Crippen LogP contribution in [0.2, 0.25) is 0 Å². The second-order valence-corrected chi connectivity index (χ2v) is 9.35. The highest BCUT2D eigenvalue weighted by Crippen LogP contribution is 2.23. The van der Waals surface area contributed by atoms with Gasteiger partial charge in [-0.1, -0.05) is 41.7 Å². The van der Waals surface area contributed by atoms with Crippen LogP contribution in [-0.2, 0) is 16.6 Å². The highest BCUT2D eigenvalue weighted by atomic mass is 32.2. The van der Waals surface area contributed by atoms with Gasteiger partial charge in [-0.05, 0) is 48.0 Å². The number of amides is 1. The maximum atomic E-state index is 13.9. The summed E-state index contributed by atoms with van der Waals surface area (Å²) in [6.07, 6.45) is 1.66. The maximum Gasteiger partial charge on any atom is 0.278 e. The number of aromatic nitrogens is 1. The number of benzene rings is 3. The van der Waals surface area contributed by atoms with Crippen molar-refractivity contribution in [1.82, 2.24) is 10.3 Å². The number of carbonyl (C=O) groups is 1. The van der Waals surface area contributed by atoms with Crippen LogP contribution in [0.1, 0.15) is 15.9 Å². The van der Waals surface area contributed by atoms with Gasteiger partial charge in [0.15, 0.2) is 0 Å². The second kappa shape index (κ2) is 9.80. The summed E-state index contributed by atoms with van der Waals surface area (Å²) in [5.41, 5.74) is 1.26.